The van der Waals surface area contributed by atoms with Crippen LogP contribution in [0.15, 0.2) is 66.7 Å². The number of hydrogen-bond donors (Lipinski definition) is 0. The maximum Gasteiger partial charge on any atom is 0.251 e. The number of carbonyl (C=O) groups excluding carboxylic acids is 1. The maximum absolute atomic E-state index is 12.9. The molecule has 0 radical (unpaired) electrons. The molecule has 2 aromatic carbocycles. The molecule has 0 spiro atoms. The first-order valence-electron chi connectivity index (χ1n) is 7.85. The molecule has 2 nitrogen and oxygen atoms in total. The van der Waals surface area contributed by atoms with E-state index in [1.54, 1.807) is 6.08 Å². The zero-order chi connectivity index (χ0) is 16.4. The van der Waals surface area contributed by atoms with Gasteiger partial charge in [-0.15, -0.1) is 0 Å². The van der Waals surface area contributed by atoms with Crippen molar-refractivity contribution in [3.63, 3.8) is 0 Å². The lowest BCUT2D eigenvalue weighted by Crippen LogP contribution is -2.48. The molecule has 0 atom stereocenters. The van der Waals surface area contributed by atoms with Crippen molar-refractivity contribution in [3.05, 3.63) is 77.9 Å². The van der Waals surface area contributed by atoms with Crippen LogP contribution in [0.2, 0.25) is 0 Å². The Bertz CT molecular complexity index is 784. The van der Waals surface area contributed by atoms with Crippen molar-refractivity contribution < 1.29 is 4.79 Å². The van der Waals surface area contributed by atoms with Gasteiger partial charge in [0.25, 0.3) is 5.91 Å². The first kappa shape index (κ1) is 15.3. The zero-order valence-corrected chi connectivity index (χ0v) is 13.8. The van der Waals surface area contributed by atoms with Gasteiger partial charge in [0.05, 0.1) is 11.2 Å². The van der Waals surface area contributed by atoms with Gasteiger partial charge >= 0.3 is 0 Å². The Morgan fingerprint density at radius 2 is 1.65 bits per heavy atom. The van der Waals surface area contributed by atoms with E-state index in [2.05, 4.69) is 32.9 Å². The largest absolute Gasteiger partial charge is 0.299 e. The van der Waals surface area contributed by atoms with Crippen molar-refractivity contribution in [3.8, 4) is 0 Å². The number of hydrogen-bond acceptors (Lipinski definition) is 1. The number of nitrogens with zero attached hydrogens (tertiary/aromatic N) is 1. The third-order valence-electron chi connectivity index (χ3n) is 4.15. The molecule has 0 saturated carbocycles. The highest BCUT2D eigenvalue weighted by atomic mass is 16.2. The molecular weight excluding hydrogens is 282 g/mol. The maximum atomic E-state index is 12.9. The molecule has 2 aromatic rings. The SMILES string of the molecule is CC1=CC(C)(C)N(C(=O)/C=C/c2ccccc2)c2ccccc21. The fraction of sp³-hybridized carbons (Fsp3) is 0.190. The fourth-order valence-electron chi connectivity index (χ4n) is 3.19. The third-order valence-corrected chi connectivity index (χ3v) is 4.15. The Hall–Kier alpha value is -2.61. The fourth-order valence-corrected chi connectivity index (χ4v) is 3.19. The van der Waals surface area contributed by atoms with Gasteiger partial charge in [-0.25, -0.2) is 0 Å². The first-order valence-corrected chi connectivity index (χ1v) is 7.85. The van der Waals surface area contributed by atoms with Crippen LogP contribution in [0.3, 0.4) is 0 Å². The zero-order valence-electron chi connectivity index (χ0n) is 13.8. The normalized spacial score (nSPS) is 16.1. The molecule has 0 N–H and O–H groups in total. The molecule has 1 heterocycles. The Morgan fingerprint density at radius 1 is 1.00 bits per heavy atom. The second-order valence-corrected chi connectivity index (χ2v) is 6.42. The molecule has 3 rings (SSSR count). The first-order chi connectivity index (χ1) is 11.0. The highest BCUT2D eigenvalue weighted by Crippen LogP contribution is 2.38. The summed E-state index contributed by atoms with van der Waals surface area (Å²) in [6.45, 7) is 6.24. The predicted molar refractivity (Wildman–Crippen MR) is 97.1 cm³/mol. The van der Waals surface area contributed by atoms with E-state index in [-0.39, 0.29) is 11.4 Å². The number of allylic oxidation sites excluding steroid dienone is 1. The van der Waals surface area contributed by atoms with Crippen LogP contribution >= 0.6 is 0 Å². The van der Waals surface area contributed by atoms with Crippen molar-refractivity contribution >= 4 is 23.2 Å². The van der Waals surface area contributed by atoms with E-state index in [0.29, 0.717) is 0 Å². The van der Waals surface area contributed by atoms with E-state index in [9.17, 15) is 4.79 Å². The number of carbonyl (C=O) groups is 1. The third kappa shape index (κ3) is 2.98. The molecule has 0 bridgehead atoms. The van der Waals surface area contributed by atoms with Crippen LogP contribution in [0.4, 0.5) is 5.69 Å². The van der Waals surface area contributed by atoms with Crippen LogP contribution in [0, 0.1) is 0 Å². The van der Waals surface area contributed by atoms with Gasteiger partial charge in [0, 0.05) is 11.6 Å². The average Bonchev–Trinajstić information content (AvgIpc) is 2.53. The van der Waals surface area contributed by atoms with E-state index in [4.69, 9.17) is 0 Å². The quantitative estimate of drug-likeness (QED) is 0.720. The molecule has 1 aliphatic rings. The van der Waals surface area contributed by atoms with Gasteiger partial charge in [-0.2, -0.15) is 0 Å². The summed E-state index contributed by atoms with van der Waals surface area (Å²) in [6.07, 6.45) is 5.68. The number of benzene rings is 2. The number of fused-ring (bicyclic) bond motifs is 1. The molecule has 116 valence electrons. The smallest absolute Gasteiger partial charge is 0.251 e. The number of rotatable bonds is 2. The number of amides is 1. The van der Waals surface area contributed by atoms with Gasteiger partial charge in [-0.1, -0.05) is 54.6 Å². The number of para-hydroxylation sites is 1. The molecule has 1 aliphatic heterocycles. The minimum atomic E-state index is -0.351. The minimum Gasteiger partial charge on any atom is -0.299 e. The molecule has 0 aromatic heterocycles. The van der Waals surface area contributed by atoms with Crippen LogP contribution in [0.25, 0.3) is 11.6 Å². The van der Waals surface area contributed by atoms with Crippen LogP contribution in [0.5, 0.6) is 0 Å². The van der Waals surface area contributed by atoms with Gasteiger partial charge in [-0.3, -0.25) is 9.69 Å². The lowest BCUT2D eigenvalue weighted by molar-refractivity contribution is -0.114. The summed E-state index contributed by atoms with van der Waals surface area (Å²) >= 11 is 0. The summed E-state index contributed by atoms with van der Waals surface area (Å²) in [5.74, 6) is -0.00458. The van der Waals surface area contributed by atoms with Gasteiger partial charge in [0.2, 0.25) is 0 Å². The predicted octanol–water partition coefficient (Wildman–Crippen LogP) is 4.93. The van der Waals surface area contributed by atoms with Crippen LogP contribution in [-0.4, -0.2) is 11.4 Å². The van der Waals surface area contributed by atoms with E-state index in [1.165, 1.54) is 5.57 Å². The summed E-state index contributed by atoms with van der Waals surface area (Å²) in [4.78, 5) is 14.7. The van der Waals surface area contributed by atoms with Crippen molar-refractivity contribution in [1.82, 2.24) is 0 Å². The Balaban J connectivity index is 1.97. The lowest BCUT2D eigenvalue weighted by Gasteiger charge is -2.41. The summed E-state index contributed by atoms with van der Waals surface area (Å²) in [6, 6.07) is 18.0. The van der Waals surface area contributed by atoms with E-state index in [1.807, 2.05) is 59.5 Å². The molecule has 2 heteroatoms. The standard InChI is InChI=1S/C21H21NO/c1-16-15-21(2,3)22(19-12-8-7-11-18(16)19)20(23)14-13-17-9-5-4-6-10-17/h4-15H,1-3H3/b14-13+. The van der Waals surface area contributed by atoms with Gasteiger partial charge in [-0.05, 0) is 44.1 Å². The molecule has 0 aliphatic carbocycles. The molecule has 0 saturated heterocycles. The Kier molecular flexibility index (Phi) is 3.91. The average molecular weight is 303 g/mol. The van der Waals surface area contributed by atoms with Crippen LogP contribution in [0.1, 0.15) is 31.9 Å². The summed E-state index contributed by atoms with van der Waals surface area (Å²) in [7, 11) is 0. The highest BCUT2D eigenvalue weighted by Gasteiger charge is 2.34. The van der Waals surface area contributed by atoms with E-state index >= 15 is 0 Å². The topological polar surface area (TPSA) is 20.3 Å². The van der Waals surface area contributed by atoms with Crippen molar-refractivity contribution in [1.29, 1.82) is 0 Å². The Labute approximate surface area is 137 Å². The molecule has 0 fully saturated rings. The minimum absolute atomic E-state index is 0.00458. The van der Waals surface area contributed by atoms with Crippen molar-refractivity contribution in [2.45, 2.75) is 26.3 Å². The summed E-state index contributed by atoms with van der Waals surface area (Å²) in [5.41, 5.74) is 3.97. The van der Waals surface area contributed by atoms with E-state index < -0.39 is 0 Å². The van der Waals surface area contributed by atoms with Gasteiger partial charge < -0.3 is 0 Å². The number of anilines is 1. The summed E-state index contributed by atoms with van der Waals surface area (Å²) < 4.78 is 0. The monoisotopic (exact) mass is 303 g/mol. The van der Waals surface area contributed by atoms with Gasteiger partial charge in [0.15, 0.2) is 0 Å². The molecule has 23 heavy (non-hydrogen) atoms. The van der Waals surface area contributed by atoms with Gasteiger partial charge in [0.1, 0.15) is 0 Å². The van der Waals surface area contributed by atoms with E-state index in [0.717, 1.165) is 16.8 Å². The molecule has 0 unspecified atom stereocenters. The second kappa shape index (κ2) is 5.88. The molecule has 1 amide bonds. The van der Waals surface area contributed by atoms with Crippen LogP contribution < -0.4 is 4.90 Å². The Morgan fingerprint density at radius 3 is 2.39 bits per heavy atom. The van der Waals surface area contributed by atoms with Crippen molar-refractivity contribution in [2.24, 2.45) is 0 Å². The summed E-state index contributed by atoms with van der Waals surface area (Å²) in [5, 5.41) is 0. The van der Waals surface area contributed by atoms with Crippen molar-refractivity contribution in [2.75, 3.05) is 4.90 Å². The molecular formula is C21H21NO. The highest BCUT2D eigenvalue weighted by molar-refractivity contribution is 6.07. The van der Waals surface area contributed by atoms with Crippen LogP contribution in [-0.2, 0) is 4.79 Å². The lowest BCUT2D eigenvalue weighted by atomic mass is 9.88. The second-order valence-electron chi connectivity index (χ2n) is 6.42.